The van der Waals surface area contributed by atoms with Gasteiger partial charge in [-0.05, 0) is 17.7 Å². The van der Waals surface area contributed by atoms with Crippen molar-refractivity contribution >= 4 is 17.6 Å². The maximum Gasteiger partial charge on any atom is 0.308 e. The molecule has 1 aromatic rings. The fourth-order valence-electron chi connectivity index (χ4n) is 1.16. The predicted octanol–water partition coefficient (Wildman–Crippen LogP) is 2.06. The van der Waals surface area contributed by atoms with E-state index in [0.717, 1.165) is 5.56 Å². The zero-order chi connectivity index (χ0) is 10.7. The minimum Gasteiger partial charge on any atom is -0.481 e. The van der Waals surface area contributed by atoms with Gasteiger partial charge in [0, 0.05) is 11.1 Å². The molecule has 2 atom stereocenters. The van der Waals surface area contributed by atoms with Gasteiger partial charge in [-0.15, -0.1) is 0 Å². The van der Waals surface area contributed by atoms with Crippen LogP contribution in [0.5, 0.6) is 0 Å². The van der Waals surface area contributed by atoms with Crippen molar-refractivity contribution in [2.45, 2.75) is 13.0 Å². The summed E-state index contributed by atoms with van der Waals surface area (Å²) >= 11 is 5.77. The van der Waals surface area contributed by atoms with Crippen LogP contribution in [-0.2, 0) is 4.79 Å². The Labute approximate surface area is 87.5 Å². The molecule has 0 aliphatic heterocycles. The lowest BCUT2D eigenvalue weighted by Gasteiger charge is -2.16. The average Bonchev–Trinajstić information content (AvgIpc) is 2.15. The number of carbonyl (C=O) groups is 1. The van der Waals surface area contributed by atoms with Crippen LogP contribution in [0.1, 0.15) is 18.5 Å². The van der Waals surface area contributed by atoms with E-state index in [4.69, 9.17) is 22.4 Å². The maximum absolute atomic E-state index is 10.7. The molecule has 4 heteroatoms. The van der Waals surface area contributed by atoms with E-state index in [1.807, 2.05) is 0 Å². The highest BCUT2D eigenvalue weighted by Gasteiger charge is 2.21. The van der Waals surface area contributed by atoms with Gasteiger partial charge in [-0.1, -0.05) is 30.7 Å². The van der Waals surface area contributed by atoms with E-state index in [1.54, 1.807) is 31.2 Å². The molecule has 3 N–H and O–H groups in total. The van der Waals surface area contributed by atoms with Crippen LogP contribution in [0.15, 0.2) is 24.3 Å². The Morgan fingerprint density at radius 3 is 2.71 bits per heavy atom. The number of halogens is 1. The summed E-state index contributed by atoms with van der Waals surface area (Å²) in [6.45, 7) is 1.58. The summed E-state index contributed by atoms with van der Waals surface area (Å²) in [7, 11) is 0. The zero-order valence-corrected chi connectivity index (χ0v) is 8.53. The standard InChI is InChI=1S/C10H12ClNO2/c1-6(10(13)14)9(12)7-3-2-4-8(11)5-7/h2-6,9H,12H2,1H3,(H,13,14). The third kappa shape index (κ3) is 2.47. The molecule has 0 heterocycles. The van der Waals surface area contributed by atoms with E-state index >= 15 is 0 Å². The first kappa shape index (κ1) is 11.0. The average molecular weight is 214 g/mol. The van der Waals surface area contributed by atoms with Gasteiger partial charge in [-0.3, -0.25) is 4.79 Å². The normalized spacial score (nSPS) is 14.8. The van der Waals surface area contributed by atoms with Crippen molar-refractivity contribution in [1.82, 2.24) is 0 Å². The second kappa shape index (κ2) is 4.44. The smallest absolute Gasteiger partial charge is 0.308 e. The lowest BCUT2D eigenvalue weighted by Crippen LogP contribution is -2.25. The van der Waals surface area contributed by atoms with Gasteiger partial charge >= 0.3 is 5.97 Å². The second-order valence-corrected chi connectivity index (χ2v) is 3.64. The SMILES string of the molecule is CC(C(=O)O)C(N)c1cccc(Cl)c1. The molecule has 0 aromatic heterocycles. The summed E-state index contributed by atoms with van der Waals surface area (Å²) in [6, 6.07) is 6.42. The lowest BCUT2D eigenvalue weighted by atomic mass is 9.96. The maximum atomic E-state index is 10.7. The summed E-state index contributed by atoms with van der Waals surface area (Å²) in [5, 5.41) is 9.34. The van der Waals surface area contributed by atoms with Crippen LogP contribution in [-0.4, -0.2) is 11.1 Å². The summed E-state index contributed by atoms with van der Waals surface area (Å²) in [4.78, 5) is 10.7. The highest BCUT2D eigenvalue weighted by Crippen LogP contribution is 2.22. The molecule has 0 aliphatic carbocycles. The van der Waals surface area contributed by atoms with E-state index in [2.05, 4.69) is 0 Å². The van der Waals surface area contributed by atoms with Crippen LogP contribution in [0.25, 0.3) is 0 Å². The Morgan fingerprint density at radius 2 is 2.21 bits per heavy atom. The first-order valence-corrected chi connectivity index (χ1v) is 4.64. The van der Waals surface area contributed by atoms with Crippen molar-refractivity contribution in [3.05, 3.63) is 34.9 Å². The second-order valence-electron chi connectivity index (χ2n) is 3.21. The number of rotatable bonds is 3. The van der Waals surface area contributed by atoms with Crippen molar-refractivity contribution in [3.63, 3.8) is 0 Å². The first-order valence-electron chi connectivity index (χ1n) is 4.26. The summed E-state index contributed by atoms with van der Waals surface area (Å²) in [5.74, 6) is -1.52. The van der Waals surface area contributed by atoms with Crippen LogP contribution < -0.4 is 5.73 Å². The molecular weight excluding hydrogens is 202 g/mol. The van der Waals surface area contributed by atoms with E-state index in [9.17, 15) is 4.79 Å². The van der Waals surface area contributed by atoms with Crippen molar-refractivity contribution < 1.29 is 9.90 Å². The van der Waals surface area contributed by atoms with Gasteiger partial charge in [0.2, 0.25) is 0 Å². The van der Waals surface area contributed by atoms with Gasteiger partial charge in [0.15, 0.2) is 0 Å². The molecule has 76 valence electrons. The van der Waals surface area contributed by atoms with Crippen LogP contribution in [0.3, 0.4) is 0 Å². The van der Waals surface area contributed by atoms with Crippen LogP contribution in [0.4, 0.5) is 0 Å². The molecule has 0 fully saturated rings. The molecule has 14 heavy (non-hydrogen) atoms. The molecule has 1 rings (SSSR count). The van der Waals surface area contributed by atoms with E-state index in [-0.39, 0.29) is 0 Å². The third-order valence-electron chi connectivity index (χ3n) is 2.16. The molecular formula is C10H12ClNO2. The van der Waals surface area contributed by atoms with Gasteiger partial charge in [-0.25, -0.2) is 0 Å². The van der Waals surface area contributed by atoms with Crippen molar-refractivity contribution in [3.8, 4) is 0 Å². The molecule has 0 amide bonds. The molecule has 0 aliphatic rings. The highest BCUT2D eigenvalue weighted by molar-refractivity contribution is 6.30. The molecule has 0 bridgehead atoms. The summed E-state index contributed by atoms with van der Waals surface area (Å²) in [6.07, 6.45) is 0. The number of carboxylic acid groups (broad SMARTS) is 1. The Morgan fingerprint density at radius 1 is 1.57 bits per heavy atom. The fraction of sp³-hybridized carbons (Fsp3) is 0.300. The van der Waals surface area contributed by atoms with E-state index in [0.29, 0.717) is 5.02 Å². The molecule has 0 saturated carbocycles. The molecule has 0 saturated heterocycles. The van der Waals surface area contributed by atoms with Crippen molar-refractivity contribution in [1.29, 1.82) is 0 Å². The molecule has 0 spiro atoms. The minimum atomic E-state index is -0.905. The van der Waals surface area contributed by atoms with Gasteiger partial charge < -0.3 is 10.8 Å². The third-order valence-corrected chi connectivity index (χ3v) is 2.40. The van der Waals surface area contributed by atoms with Crippen molar-refractivity contribution in [2.24, 2.45) is 11.7 Å². The minimum absolute atomic E-state index is 0.522. The summed E-state index contributed by atoms with van der Waals surface area (Å²) < 4.78 is 0. The van der Waals surface area contributed by atoms with E-state index in [1.165, 1.54) is 0 Å². The highest BCUT2D eigenvalue weighted by atomic mass is 35.5. The Balaban J connectivity index is 2.89. The predicted molar refractivity (Wildman–Crippen MR) is 55.2 cm³/mol. The van der Waals surface area contributed by atoms with Gasteiger partial charge in [0.1, 0.15) is 0 Å². The number of hydrogen-bond acceptors (Lipinski definition) is 2. The zero-order valence-electron chi connectivity index (χ0n) is 7.77. The fourth-order valence-corrected chi connectivity index (χ4v) is 1.35. The molecule has 0 radical (unpaired) electrons. The van der Waals surface area contributed by atoms with E-state index < -0.39 is 17.9 Å². The number of aliphatic carboxylic acids is 1. The lowest BCUT2D eigenvalue weighted by molar-refractivity contribution is -0.141. The largest absolute Gasteiger partial charge is 0.481 e. The quantitative estimate of drug-likeness (QED) is 0.808. The summed E-state index contributed by atoms with van der Waals surface area (Å²) in [5.41, 5.74) is 6.51. The number of benzene rings is 1. The number of hydrogen-bond donors (Lipinski definition) is 2. The number of carboxylic acids is 1. The van der Waals surface area contributed by atoms with Gasteiger partial charge in [-0.2, -0.15) is 0 Å². The van der Waals surface area contributed by atoms with Crippen molar-refractivity contribution in [2.75, 3.05) is 0 Å². The van der Waals surface area contributed by atoms with Gasteiger partial charge in [0.05, 0.1) is 5.92 Å². The topological polar surface area (TPSA) is 63.3 Å². The molecule has 3 nitrogen and oxygen atoms in total. The first-order chi connectivity index (χ1) is 6.52. The number of nitrogens with two attached hydrogens (primary N) is 1. The molecule has 2 unspecified atom stereocenters. The Hall–Kier alpha value is -1.06. The van der Waals surface area contributed by atoms with Crippen LogP contribution >= 0.6 is 11.6 Å². The Kier molecular flexibility index (Phi) is 3.49. The Bertz CT molecular complexity index is 341. The van der Waals surface area contributed by atoms with Gasteiger partial charge in [0.25, 0.3) is 0 Å². The monoisotopic (exact) mass is 213 g/mol. The molecule has 1 aromatic carbocycles. The van der Waals surface area contributed by atoms with Crippen LogP contribution in [0.2, 0.25) is 5.02 Å². The van der Waals surface area contributed by atoms with Crippen LogP contribution in [0, 0.1) is 5.92 Å².